The van der Waals surface area contributed by atoms with E-state index in [1.165, 1.54) is 11.8 Å². The van der Waals surface area contributed by atoms with Gasteiger partial charge >= 0.3 is 0 Å². The number of nitrogens with one attached hydrogen (secondary N) is 2. The van der Waals surface area contributed by atoms with E-state index in [-0.39, 0.29) is 11.2 Å². The number of tetrazole rings is 1. The van der Waals surface area contributed by atoms with Crippen LogP contribution in [0.1, 0.15) is 13.8 Å². The van der Waals surface area contributed by atoms with Crippen molar-refractivity contribution in [2.24, 2.45) is 0 Å². The first-order valence-electron chi connectivity index (χ1n) is 5.54. The summed E-state index contributed by atoms with van der Waals surface area (Å²) in [5.74, 6) is -0.0313. The highest BCUT2D eigenvalue weighted by Crippen LogP contribution is 2.19. The molecule has 2 N–H and O–H groups in total. The molecule has 0 aliphatic heterocycles. The second-order valence-electron chi connectivity index (χ2n) is 3.41. The van der Waals surface area contributed by atoms with E-state index in [0.29, 0.717) is 11.7 Å². The molecule has 0 bridgehead atoms. The molecular weight excluding hydrogens is 240 g/mol. The summed E-state index contributed by atoms with van der Waals surface area (Å²) < 4.78 is 1.70. The van der Waals surface area contributed by atoms with Crippen molar-refractivity contribution >= 4 is 17.7 Å². The van der Waals surface area contributed by atoms with Crippen LogP contribution in [-0.4, -0.2) is 51.5 Å². The number of hydrogen-bond donors (Lipinski definition) is 2. The van der Waals surface area contributed by atoms with Crippen molar-refractivity contribution in [1.29, 1.82) is 0 Å². The van der Waals surface area contributed by atoms with Crippen LogP contribution in [0.5, 0.6) is 0 Å². The van der Waals surface area contributed by atoms with E-state index in [9.17, 15) is 4.79 Å². The number of likely N-dealkylation sites (N-methyl/N-ethyl adjacent to an activating group) is 1. The number of aromatic nitrogens is 4. The first-order chi connectivity index (χ1) is 8.19. The molecule has 0 saturated carbocycles. The summed E-state index contributed by atoms with van der Waals surface area (Å²) in [6, 6.07) is 0. The minimum absolute atomic E-state index is 0.0313. The molecule has 1 heterocycles. The highest BCUT2D eigenvalue weighted by molar-refractivity contribution is 8.00. The molecule has 8 heteroatoms. The first-order valence-corrected chi connectivity index (χ1v) is 6.42. The van der Waals surface area contributed by atoms with Crippen molar-refractivity contribution in [1.82, 2.24) is 30.8 Å². The smallest absolute Gasteiger partial charge is 0.233 e. The maximum Gasteiger partial charge on any atom is 0.233 e. The number of carbonyl (C=O) groups is 1. The van der Waals surface area contributed by atoms with Gasteiger partial charge in [-0.15, -0.1) is 5.10 Å². The number of carbonyl (C=O) groups excluding carboxylic acids is 1. The van der Waals surface area contributed by atoms with E-state index in [2.05, 4.69) is 26.2 Å². The SMILES string of the molecule is CCNCCn1nnnc1SC(C)C(=O)NC. The number of amides is 1. The highest BCUT2D eigenvalue weighted by Gasteiger charge is 2.16. The van der Waals surface area contributed by atoms with Crippen LogP contribution in [0.4, 0.5) is 0 Å². The van der Waals surface area contributed by atoms with Gasteiger partial charge in [0.2, 0.25) is 11.1 Å². The Hall–Kier alpha value is -1.15. The molecule has 96 valence electrons. The summed E-state index contributed by atoms with van der Waals surface area (Å²) >= 11 is 1.35. The molecule has 7 nitrogen and oxygen atoms in total. The third-order valence-electron chi connectivity index (χ3n) is 2.15. The van der Waals surface area contributed by atoms with Gasteiger partial charge < -0.3 is 10.6 Å². The largest absolute Gasteiger partial charge is 0.358 e. The highest BCUT2D eigenvalue weighted by atomic mass is 32.2. The zero-order valence-electron chi connectivity index (χ0n) is 10.3. The van der Waals surface area contributed by atoms with Gasteiger partial charge in [-0.2, -0.15) is 0 Å². The van der Waals surface area contributed by atoms with E-state index in [1.54, 1.807) is 11.7 Å². The van der Waals surface area contributed by atoms with Gasteiger partial charge in [0, 0.05) is 13.6 Å². The number of thioether (sulfide) groups is 1. The van der Waals surface area contributed by atoms with Gasteiger partial charge in [-0.3, -0.25) is 4.79 Å². The lowest BCUT2D eigenvalue weighted by atomic mass is 10.4. The molecule has 0 aliphatic carbocycles. The predicted molar refractivity (Wildman–Crippen MR) is 65.7 cm³/mol. The lowest BCUT2D eigenvalue weighted by Crippen LogP contribution is -2.27. The summed E-state index contributed by atoms with van der Waals surface area (Å²) in [7, 11) is 1.62. The van der Waals surface area contributed by atoms with E-state index in [4.69, 9.17) is 0 Å². The normalized spacial score (nSPS) is 12.4. The van der Waals surface area contributed by atoms with Gasteiger partial charge in [0.25, 0.3) is 0 Å². The Morgan fingerprint density at radius 1 is 1.59 bits per heavy atom. The minimum Gasteiger partial charge on any atom is -0.358 e. The van der Waals surface area contributed by atoms with Gasteiger partial charge in [0.05, 0.1) is 11.8 Å². The molecule has 0 aliphatic rings. The second-order valence-corrected chi connectivity index (χ2v) is 4.72. The topological polar surface area (TPSA) is 84.7 Å². The second kappa shape index (κ2) is 7.23. The summed E-state index contributed by atoms with van der Waals surface area (Å²) in [5, 5.41) is 17.7. The Bertz CT molecular complexity index is 355. The summed E-state index contributed by atoms with van der Waals surface area (Å²) in [5.41, 5.74) is 0. The van der Waals surface area contributed by atoms with Gasteiger partial charge in [0.1, 0.15) is 0 Å². The molecule has 17 heavy (non-hydrogen) atoms. The van der Waals surface area contributed by atoms with Crippen molar-refractivity contribution in [3.63, 3.8) is 0 Å². The standard InChI is InChI=1S/C9H18N6OS/c1-4-11-5-6-15-9(12-13-14-15)17-7(2)8(16)10-3/h7,11H,4-6H2,1-3H3,(H,10,16). The molecule has 1 amide bonds. The van der Waals surface area contributed by atoms with Gasteiger partial charge in [-0.05, 0) is 23.9 Å². The quantitative estimate of drug-likeness (QED) is 0.507. The van der Waals surface area contributed by atoms with Crippen LogP contribution in [0.25, 0.3) is 0 Å². The van der Waals surface area contributed by atoms with Crippen LogP contribution in [0.2, 0.25) is 0 Å². The van der Waals surface area contributed by atoms with E-state index < -0.39 is 0 Å². The molecule has 0 aromatic carbocycles. The fourth-order valence-corrected chi connectivity index (χ4v) is 2.07. The number of nitrogens with zero attached hydrogens (tertiary/aromatic N) is 4. The maximum absolute atomic E-state index is 11.4. The van der Waals surface area contributed by atoms with E-state index in [1.807, 2.05) is 13.8 Å². The zero-order valence-corrected chi connectivity index (χ0v) is 11.1. The Balaban J connectivity index is 2.53. The first kappa shape index (κ1) is 13.9. The average Bonchev–Trinajstić information content (AvgIpc) is 2.76. The molecule has 0 radical (unpaired) electrons. The van der Waals surface area contributed by atoms with E-state index >= 15 is 0 Å². The fourth-order valence-electron chi connectivity index (χ4n) is 1.20. The predicted octanol–water partition coefficient (Wildman–Crippen LogP) is -0.491. The third-order valence-corrected chi connectivity index (χ3v) is 3.22. The molecule has 1 aromatic heterocycles. The Morgan fingerprint density at radius 2 is 2.35 bits per heavy atom. The Morgan fingerprint density at radius 3 is 3.00 bits per heavy atom. The summed E-state index contributed by atoms with van der Waals surface area (Å²) in [6.45, 7) is 6.29. The number of rotatable bonds is 7. The van der Waals surface area contributed by atoms with Gasteiger partial charge in [0.15, 0.2) is 0 Å². The minimum atomic E-state index is -0.205. The molecule has 1 unspecified atom stereocenters. The van der Waals surface area contributed by atoms with Gasteiger partial charge in [-0.1, -0.05) is 18.7 Å². The van der Waals surface area contributed by atoms with Crippen molar-refractivity contribution in [2.75, 3.05) is 20.1 Å². The average molecular weight is 258 g/mol. The molecule has 0 saturated heterocycles. The Labute approximate surface area is 105 Å². The van der Waals surface area contributed by atoms with Crippen molar-refractivity contribution < 1.29 is 4.79 Å². The van der Waals surface area contributed by atoms with Crippen molar-refractivity contribution in [3.8, 4) is 0 Å². The molecule has 1 rings (SSSR count). The van der Waals surface area contributed by atoms with Crippen LogP contribution >= 0.6 is 11.8 Å². The van der Waals surface area contributed by atoms with Crippen LogP contribution in [0, 0.1) is 0 Å². The van der Waals surface area contributed by atoms with Gasteiger partial charge in [-0.25, -0.2) is 4.68 Å². The van der Waals surface area contributed by atoms with Crippen molar-refractivity contribution in [3.05, 3.63) is 0 Å². The summed E-state index contributed by atoms with van der Waals surface area (Å²) in [6.07, 6.45) is 0. The molecular formula is C9H18N6OS. The van der Waals surface area contributed by atoms with Crippen molar-refractivity contribution in [2.45, 2.75) is 30.8 Å². The molecule has 1 atom stereocenters. The lowest BCUT2D eigenvalue weighted by Gasteiger charge is -2.09. The number of hydrogen-bond acceptors (Lipinski definition) is 6. The third kappa shape index (κ3) is 4.31. The fraction of sp³-hybridized carbons (Fsp3) is 0.778. The molecule has 0 fully saturated rings. The summed E-state index contributed by atoms with van der Waals surface area (Å²) in [4.78, 5) is 11.4. The van der Waals surface area contributed by atoms with E-state index in [0.717, 1.165) is 13.1 Å². The maximum atomic E-state index is 11.4. The van der Waals surface area contributed by atoms with Crippen LogP contribution < -0.4 is 10.6 Å². The molecule has 1 aromatic rings. The van der Waals surface area contributed by atoms with Crippen LogP contribution in [0.3, 0.4) is 0 Å². The monoisotopic (exact) mass is 258 g/mol. The molecule has 0 spiro atoms. The lowest BCUT2D eigenvalue weighted by molar-refractivity contribution is -0.119. The zero-order chi connectivity index (χ0) is 12.7. The Kier molecular flexibility index (Phi) is 5.92. The van der Waals surface area contributed by atoms with Crippen LogP contribution in [0.15, 0.2) is 5.16 Å². The van der Waals surface area contributed by atoms with Crippen LogP contribution in [-0.2, 0) is 11.3 Å².